The van der Waals surface area contributed by atoms with E-state index in [2.05, 4.69) is 9.84 Å². The van der Waals surface area contributed by atoms with Crippen molar-refractivity contribution in [1.29, 1.82) is 0 Å². The summed E-state index contributed by atoms with van der Waals surface area (Å²) in [5, 5.41) is 5.10. The van der Waals surface area contributed by atoms with Crippen LogP contribution in [0.25, 0.3) is 10.9 Å². The monoisotopic (exact) mass is 274 g/mol. The highest BCUT2D eigenvalue weighted by molar-refractivity contribution is 6.38. The number of benzene rings is 1. The quantitative estimate of drug-likeness (QED) is 0.356. The summed E-state index contributed by atoms with van der Waals surface area (Å²) in [5.74, 6) is -2.26. The van der Waals surface area contributed by atoms with E-state index in [1.807, 2.05) is 6.92 Å². The van der Waals surface area contributed by atoms with E-state index < -0.39 is 24.0 Å². The molecule has 2 rings (SSSR count). The number of aryl methyl sites for hydroxylation is 1. The van der Waals surface area contributed by atoms with E-state index in [0.29, 0.717) is 12.1 Å². The van der Waals surface area contributed by atoms with Crippen LogP contribution in [0.15, 0.2) is 24.4 Å². The topological polar surface area (TPSA) is 78.3 Å². The first-order valence-electron chi connectivity index (χ1n) is 6.16. The Hall–Kier alpha value is -2.50. The van der Waals surface area contributed by atoms with E-state index >= 15 is 0 Å². The van der Waals surface area contributed by atoms with Crippen LogP contribution in [0, 0.1) is 0 Å². The van der Waals surface area contributed by atoms with E-state index in [9.17, 15) is 14.4 Å². The molecule has 0 saturated carbocycles. The third-order valence-corrected chi connectivity index (χ3v) is 3.00. The molecule has 0 aliphatic carbocycles. The van der Waals surface area contributed by atoms with Crippen LogP contribution < -0.4 is 0 Å². The van der Waals surface area contributed by atoms with Crippen molar-refractivity contribution in [3.05, 3.63) is 30.0 Å². The molecule has 0 radical (unpaired) electrons. The fraction of sp³-hybridized carbons (Fsp3) is 0.286. The fourth-order valence-electron chi connectivity index (χ4n) is 1.93. The molecule has 0 atom stereocenters. The van der Waals surface area contributed by atoms with E-state index in [-0.39, 0.29) is 0 Å². The number of hydrogen-bond donors (Lipinski definition) is 0. The Kier molecular flexibility index (Phi) is 3.93. The minimum atomic E-state index is -1.00. The van der Waals surface area contributed by atoms with Crippen LogP contribution in [0.4, 0.5) is 0 Å². The predicted octanol–water partition coefficient (Wildman–Crippen LogP) is 1.37. The van der Waals surface area contributed by atoms with Crippen LogP contribution in [-0.4, -0.2) is 34.4 Å². The molecule has 0 N–H and O–H groups in total. The Labute approximate surface area is 115 Å². The first kappa shape index (κ1) is 13.9. The molecule has 1 aromatic carbocycles. The lowest BCUT2D eigenvalue weighted by Crippen LogP contribution is -2.19. The first-order valence-corrected chi connectivity index (χ1v) is 6.16. The van der Waals surface area contributed by atoms with Crippen molar-refractivity contribution < 1.29 is 19.1 Å². The molecule has 0 aliphatic heterocycles. The van der Waals surface area contributed by atoms with Crippen molar-refractivity contribution in [3.63, 3.8) is 0 Å². The number of hydrogen-bond acceptors (Lipinski definition) is 5. The zero-order chi connectivity index (χ0) is 14.7. The van der Waals surface area contributed by atoms with Crippen molar-refractivity contribution in [3.8, 4) is 0 Å². The lowest BCUT2D eigenvalue weighted by atomic mass is 10.0. The highest BCUT2D eigenvalue weighted by Gasteiger charge is 2.19. The summed E-state index contributed by atoms with van der Waals surface area (Å²) in [6.45, 7) is 2.63. The maximum atomic E-state index is 12.0. The molecule has 2 aromatic rings. The van der Waals surface area contributed by atoms with Gasteiger partial charge in [-0.05, 0) is 13.0 Å². The molecule has 0 unspecified atom stereocenters. The van der Waals surface area contributed by atoms with Crippen LogP contribution >= 0.6 is 0 Å². The van der Waals surface area contributed by atoms with Gasteiger partial charge in [-0.1, -0.05) is 12.1 Å². The molecule has 0 spiro atoms. The minimum Gasteiger partial charge on any atom is -0.463 e. The number of Topliss-reactive ketones (excluding diaryl/α,β-unsaturated/α-hetero) is 2. The second kappa shape index (κ2) is 5.64. The molecule has 1 aromatic heterocycles. The second-order valence-corrected chi connectivity index (χ2v) is 4.25. The Bertz CT molecular complexity index is 688. The van der Waals surface area contributed by atoms with Gasteiger partial charge in [0.15, 0.2) is 5.78 Å². The number of rotatable bonds is 5. The summed E-state index contributed by atoms with van der Waals surface area (Å²) in [5.41, 5.74) is 1.20. The van der Waals surface area contributed by atoms with Crippen LogP contribution in [0.3, 0.4) is 0 Å². The molecule has 0 bridgehead atoms. The summed E-state index contributed by atoms with van der Waals surface area (Å²) in [4.78, 5) is 34.4. The number of nitrogens with zero attached hydrogens (tertiary/aromatic N) is 2. The van der Waals surface area contributed by atoms with Gasteiger partial charge < -0.3 is 4.74 Å². The van der Waals surface area contributed by atoms with Gasteiger partial charge in [-0.3, -0.25) is 14.3 Å². The molecule has 6 nitrogen and oxygen atoms in total. The molecular weight excluding hydrogens is 260 g/mol. The van der Waals surface area contributed by atoms with Gasteiger partial charge in [-0.15, -0.1) is 0 Å². The summed E-state index contributed by atoms with van der Waals surface area (Å²) < 4.78 is 6.05. The smallest absolute Gasteiger partial charge is 0.374 e. The summed E-state index contributed by atoms with van der Waals surface area (Å²) in [7, 11) is 1.11. The molecule has 0 saturated heterocycles. The van der Waals surface area contributed by atoms with Gasteiger partial charge in [-0.25, -0.2) is 4.79 Å². The molecule has 20 heavy (non-hydrogen) atoms. The van der Waals surface area contributed by atoms with Gasteiger partial charge in [0.2, 0.25) is 5.78 Å². The van der Waals surface area contributed by atoms with Crippen molar-refractivity contribution in [2.75, 3.05) is 7.11 Å². The highest BCUT2D eigenvalue weighted by atomic mass is 16.5. The lowest BCUT2D eigenvalue weighted by Gasteiger charge is -2.02. The fourth-order valence-corrected chi connectivity index (χ4v) is 1.93. The molecule has 0 amide bonds. The number of aromatic nitrogens is 2. The van der Waals surface area contributed by atoms with Crippen molar-refractivity contribution in [1.82, 2.24) is 9.78 Å². The number of esters is 1. The van der Waals surface area contributed by atoms with Crippen LogP contribution in [0.5, 0.6) is 0 Å². The number of fused-ring (bicyclic) bond motifs is 1. The molecule has 6 heteroatoms. The Morgan fingerprint density at radius 1 is 1.30 bits per heavy atom. The normalized spacial score (nSPS) is 10.5. The third kappa shape index (κ3) is 2.59. The number of carbonyl (C=O) groups excluding carboxylic acids is 3. The number of methoxy groups -OCH3 is 1. The summed E-state index contributed by atoms with van der Waals surface area (Å²) in [6.07, 6.45) is 1.23. The average molecular weight is 274 g/mol. The second-order valence-electron chi connectivity index (χ2n) is 4.25. The standard InChI is InChI=1S/C14H14N2O4/c1-3-16-11-6-9(4-5-10(11)8-15-16)12(17)7-13(18)14(19)20-2/h4-6,8H,3,7H2,1-2H3. The molecule has 0 fully saturated rings. The maximum absolute atomic E-state index is 12.0. The molecule has 1 heterocycles. The van der Waals surface area contributed by atoms with Gasteiger partial charge in [0.1, 0.15) is 0 Å². The van der Waals surface area contributed by atoms with Crippen molar-refractivity contribution >= 4 is 28.4 Å². The third-order valence-electron chi connectivity index (χ3n) is 3.00. The van der Waals surface area contributed by atoms with E-state index in [1.54, 1.807) is 29.1 Å². The Morgan fingerprint density at radius 3 is 2.70 bits per heavy atom. The van der Waals surface area contributed by atoms with Crippen LogP contribution in [0.1, 0.15) is 23.7 Å². The number of ether oxygens (including phenoxy) is 1. The van der Waals surface area contributed by atoms with E-state index in [1.165, 1.54) is 0 Å². The maximum Gasteiger partial charge on any atom is 0.374 e. The predicted molar refractivity (Wildman–Crippen MR) is 71.4 cm³/mol. The number of ketones is 2. The summed E-state index contributed by atoms with van der Waals surface area (Å²) in [6, 6.07) is 5.07. The van der Waals surface area contributed by atoms with Gasteiger partial charge in [-0.2, -0.15) is 5.10 Å². The lowest BCUT2D eigenvalue weighted by molar-refractivity contribution is -0.151. The van der Waals surface area contributed by atoms with E-state index in [0.717, 1.165) is 18.0 Å². The highest BCUT2D eigenvalue weighted by Crippen LogP contribution is 2.17. The van der Waals surface area contributed by atoms with Crippen LogP contribution in [0.2, 0.25) is 0 Å². The van der Waals surface area contributed by atoms with Gasteiger partial charge in [0.05, 0.1) is 25.2 Å². The SMILES string of the molecule is CCn1ncc2ccc(C(=O)CC(=O)C(=O)OC)cc21. The molecular formula is C14H14N2O4. The Morgan fingerprint density at radius 2 is 2.05 bits per heavy atom. The largest absolute Gasteiger partial charge is 0.463 e. The molecule has 0 aliphatic rings. The zero-order valence-electron chi connectivity index (χ0n) is 11.3. The summed E-state index contributed by atoms with van der Waals surface area (Å²) >= 11 is 0. The minimum absolute atomic E-state index is 0.380. The van der Waals surface area contributed by atoms with Gasteiger partial charge in [0.25, 0.3) is 0 Å². The number of carbonyl (C=O) groups is 3. The van der Waals surface area contributed by atoms with Gasteiger partial charge >= 0.3 is 5.97 Å². The first-order chi connectivity index (χ1) is 9.56. The van der Waals surface area contributed by atoms with Crippen molar-refractivity contribution in [2.45, 2.75) is 19.9 Å². The van der Waals surface area contributed by atoms with E-state index in [4.69, 9.17) is 0 Å². The average Bonchev–Trinajstić information content (AvgIpc) is 2.88. The molecule has 104 valence electrons. The Balaban J connectivity index is 2.26. The van der Waals surface area contributed by atoms with Crippen LogP contribution in [-0.2, 0) is 20.9 Å². The zero-order valence-corrected chi connectivity index (χ0v) is 11.3. The van der Waals surface area contributed by atoms with Gasteiger partial charge in [0, 0.05) is 17.5 Å². The van der Waals surface area contributed by atoms with Crippen molar-refractivity contribution in [2.24, 2.45) is 0 Å².